The van der Waals surface area contributed by atoms with Crippen molar-refractivity contribution >= 4 is 43.5 Å². The van der Waals surface area contributed by atoms with Gasteiger partial charge in [0.15, 0.2) is 5.76 Å². The number of carbonyl (C=O) groups excluding carboxylic acids is 2. The molecule has 31 heavy (non-hydrogen) atoms. The maximum Gasteiger partial charge on any atom is 0.289 e. The number of amides is 2. The van der Waals surface area contributed by atoms with Gasteiger partial charge < -0.3 is 14.2 Å². The van der Waals surface area contributed by atoms with Crippen molar-refractivity contribution in [2.45, 2.75) is 24.2 Å². The minimum absolute atomic E-state index is 0.0151. The second-order valence-electron chi connectivity index (χ2n) is 8.10. The van der Waals surface area contributed by atoms with Crippen LogP contribution >= 0.6 is 15.9 Å². The van der Waals surface area contributed by atoms with Gasteiger partial charge in [-0.1, -0.05) is 15.9 Å². The Morgan fingerprint density at radius 3 is 2.45 bits per heavy atom. The maximum atomic E-state index is 13.6. The van der Waals surface area contributed by atoms with Gasteiger partial charge in [-0.05, 0) is 49.1 Å². The summed E-state index contributed by atoms with van der Waals surface area (Å²) in [6.07, 6.45) is 3.82. The van der Waals surface area contributed by atoms with Crippen molar-refractivity contribution in [2.75, 3.05) is 37.6 Å². The van der Waals surface area contributed by atoms with Crippen LogP contribution in [0.1, 0.15) is 29.0 Å². The van der Waals surface area contributed by atoms with Gasteiger partial charge in [0.2, 0.25) is 15.9 Å². The highest BCUT2D eigenvalue weighted by Crippen LogP contribution is 2.42. The highest BCUT2D eigenvalue weighted by atomic mass is 79.9. The molecule has 1 aromatic heterocycles. The van der Waals surface area contributed by atoms with Gasteiger partial charge in [-0.25, -0.2) is 8.42 Å². The molecule has 1 saturated heterocycles. The van der Waals surface area contributed by atoms with Crippen molar-refractivity contribution in [2.24, 2.45) is 5.92 Å². The fraction of sp³-hybridized carbons (Fsp3) is 0.429. The summed E-state index contributed by atoms with van der Waals surface area (Å²) in [6, 6.07) is 6.74. The van der Waals surface area contributed by atoms with Crippen LogP contribution in [0.15, 0.2) is 44.3 Å². The zero-order valence-electron chi connectivity index (χ0n) is 16.8. The van der Waals surface area contributed by atoms with E-state index in [4.69, 9.17) is 4.42 Å². The molecule has 0 atom stereocenters. The highest BCUT2D eigenvalue weighted by molar-refractivity contribution is 9.10. The minimum Gasteiger partial charge on any atom is -0.459 e. The molecule has 1 aliphatic carbocycles. The fourth-order valence-electron chi connectivity index (χ4n) is 4.26. The predicted octanol–water partition coefficient (Wildman–Crippen LogP) is 2.49. The van der Waals surface area contributed by atoms with Crippen LogP contribution in [0.4, 0.5) is 5.69 Å². The third kappa shape index (κ3) is 3.70. The Hall–Kier alpha value is -2.17. The zero-order valence-corrected chi connectivity index (χ0v) is 19.2. The van der Waals surface area contributed by atoms with Crippen LogP contribution in [-0.4, -0.2) is 62.2 Å². The first-order valence-electron chi connectivity index (χ1n) is 10.3. The van der Waals surface area contributed by atoms with Crippen molar-refractivity contribution in [3.8, 4) is 0 Å². The summed E-state index contributed by atoms with van der Waals surface area (Å²) in [4.78, 5) is 28.7. The van der Waals surface area contributed by atoms with Crippen LogP contribution in [0.2, 0.25) is 0 Å². The topological polar surface area (TPSA) is 91.1 Å². The maximum absolute atomic E-state index is 13.6. The number of halogens is 1. The molecule has 2 fully saturated rings. The average molecular weight is 508 g/mol. The number of rotatable bonds is 4. The lowest BCUT2D eigenvalue weighted by Crippen LogP contribution is -2.50. The summed E-state index contributed by atoms with van der Waals surface area (Å²) in [5.41, 5.74) is 1.39. The number of hydrogen-bond acceptors (Lipinski definition) is 5. The van der Waals surface area contributed by atoms with E-state index in [9.17, 15) is 18.0 Å². The largest absolute Gasteiger partial charge is 0.459 e. The number of piperazine rings is 1. The normalized spacial score (nSPS) is 19.5. The molecular weight excluding hydrogens is 486 g/mol. The molecule has 0 N–H and O–H groups in total. The zero-order chi connectivity index (χ0) is 21.8. The molecule has 8 nitrogen and oxygen atoms in total. The quantitative estimate of drug-likeness (QED) is 0.633. The summed E-state index contributed by atoms with van der Waals surface area (Å²) < 4.78 is 34.5. The van der Waals surface area contributed by atoms with Crippen molar-refractivity contribution in [3.63, 3.8) is 0 Å². The van der Waals surface area contributed by atoms with Gasteiger partial charge in [0.05, 0.1) is 12.0 Å². The first kappa shape index (κ1) is 20.7. The molecule has 2 aliphatic heterocycles. The van der Waals surface area contributed by atoms with E-state index in [1.807, 2.05) is 6.07 Å². The van der Waals surface area contributed by atoms with Crippen LogP contribution in [0.25, 0.3) is 0 Å². The van der Waals surface area contributed by atoms with Gasteiger partial charge in [-0.15, -0.1) is 0 Å². The number of furan rings is 1. The van der Waals surface area contributed by atoms with E-state index in [0.717, 1.165) is 18.4 Å². The lowest BCUT2D eigenvalue weighted by atomic mass is 10.2. The van der Waals surface area contributed by atoms with E-state index in [-0.39, 0.29) is 54.6 Å². The summed E-state index contributed by atoms with van der Waals surface area (Å²) in [7, 11) is -3.84. The average Bonchev–Trinajstić information content (AvgIpc) is 3.30. The van der Waals surface area contributed by atoms with E-state index < -0.39 is 10.0 Å². The van der Waals surface area contributed by atoms with Crippen LogP contribution in [0, 0.1) is 5.92 Å². The molecule has 0 spiro atoms. The predicted molar refractivity (Wildman–Crippen MR) is 116 cm³/mol. The molecule has 2 aromatic rings. The lowest BCUT2D eigenvalue weighted by molar-refractivity contribution is -0.119. The smallest absolute Gasteiger partial charge is 0.289 e. The molecule has 1 saturated carbocycles. The number of carbonyl (C=O) groups is 2. The monoisotopic (exact) mass is 507 g/mol. The Bertz CT molecular complexity index is 1140. The molecule has 1 aromatic carbocycles. The summed E-state index contributed by atoms with van der Waals surface area (Å²) in [6.45, 7) is 1.44. The Kier molecular flexibility index (Phi) is 5.18. The number of hydrogen-bond donors (Lipinski definition) is 0. The SMILES string of the molecule is O=C(c1ccco1)N1CCN(S(=O)(=O)c2cc(Br)cc3c2N(C(=O)C2CC2)CC3)CC1. The van der Waals surface area contributed by atoms with Crippen LogP contribution in [-0.2, 0) is 21.2 Å². The van der Waals surface area contributed by atoms with Gasteiger partial charge in [-0.2, -0.15) is 4.31 Å². The third-order valence-corrected chi connectivity index (χ3v) is 8.43. The van der Waals surface area contributed by atoms with Gasteiger partial charge in [0.1, 0.15) is 4.90 Å². The molecule has 0 bridgehead atoms. The van der Waals surface area contributed by atoms with Crippen LogP contribution in [0.3, 0.4) is 0 Å². The molecule has 2 amide bonds. The van der Waals surface area contributed by atoms with Gasteiger partial charge in [-0.3, -0.25) is 9.59 Å². The first-order chi connectivity index (χ1) is 14.9. The molecule has 5 rings (SSSR count). The number of anilines is 1. The van der Waals surface area contributed by atoms with E-state index in [2.05, 4.69) is 15.9 Å². The Morgan fingerprint density at radius 1 is 1.06 bits per heavy atom. The molecule has 3 heterocycles. The molecule has 10 heteroatoms. The third-order valence-electron chi connectivity index (χ3n) is 6.06. The van der Waals surface area contributed by atoms with E-state index in [1.165, 1.54) is 10.6 Å². The highest BCUT2D eigenvalue weighted by Gasteiger charge is 2.41. The number of benzene rings is 1. The number of fused-ring (bicyclic) bond motifs is 1. The first-order valence-corrected chi connectivity index (χ1v) is 12.6. The molecule has 3 aliphatic rings. The number of sulfonamides is 1. The van der Waals surface area contributed by atoms with E-state index in [0.29, 0.717) is 23.1 Å². The minimum atomic E-state index is -3.84. The summed E-state index contributed by atoms with van der Waals surface area (Å²) in [5.74, 6) is 0.0367. The summed E-state index contributed by atoms with van der Waals surface area (Å²) >= 11 is 3.43. The van der Waals surface area contributed by atoms with E-state index >= 15 is 0 Å². The Balaban J connectivity index is 1.40. The van der Waals surface area contributed by atoms with Gasteiger partial charge in [0, 0.05) is 43.1 Å². The van der Waals surface area contributed by atoms with Crippen molar-refractivity contribution in [1.29, 1.82) is 0 Å². The lowest BCUT2D eigenvalue weighted by Gasteiger charge is -2.34. The van der Waals surface area contributed by atoms with Crippen LogP contribution < -0.4 is 4.90 Å². The van der Waals surface area contributed by atoms with E-state index in [1.54, 1.807) is 28.0 Å². The second kappa shape index (κ2) is 7.75. The van der Waals surface area contributed by atoms with Gasteiger partial charge >= 0.3 is 0 Å². The van der Waals surface area contributed by atoms with Crippen molar-refractivity contribution in [3.05, 3.63) is 46.3 Å². The molecular formula is C21H22BrN3O5S. The second-order valence-corrected chi connectivity index (χ2v) is 10.9. The Labute approximate surface area is 189 Å². The molecule has 0 unspecified atom stereocenters. The van der Waals surface area contributed by atoms with Crippen molar-refractivity contribution < 1.29 is 22.4 Å². The standard InChI is InChI=1S/C21H22BrN3O5S/c22-16-12-15-5-6-25(20(26)14-3-4-14)19(15)18(13-16)31(28,29)24-9-7-23(8-10-24)21(27)17-2-1-11-30-17/h1-2,11-14H,3-10H2. The number of nitrogens with zero attached hydrogens (tertiary/aromatic N) is 3. The molecule has 0 radical (unpaired) electrons. The van der Waals surface area contributed by atoms with Crippen LogP contribution in [0.5, 0.6) is 0 Å². The Morgan fingerprint density at radius 2 is 1.81 bits per heavy atom. The summed E-state index contributed by atoms with van der Waals surface area (Å²) in [5, 5.41) is 0. The van der Waals surface area contributed by atoms with Gasteiger partial charge in [0.25, 0.3) is 5.91 Å². The van der Waals surface area contributed by atoms with Crippen molar-refractivity contribution in [1.82, 2.24) is 9.21 Å². The fourth-order valence-corrected chi connectivity index (χ4v) is 6.60. The molecule has 164 valence electrons.